The standard InChI is InChI=1S/C18H28N4O/c1-21-12-15(11-20-21)10-19-16-4-7-18(8-5-16)9-6-17(23)22(18)13-14-2-3-14/h11-12,14,16,19H,2-10,13H2,1H3. The van der Waals surface area contributed by atoms with Crippen LogP contribution >= 0.6 is 0 Å². The molecule has 3 fully saturated rings. The number of hydrogen-bond acceptors (Lipinski definition) is 3. The smallest absolute Gasteiger partial charge is 0.223 e. The minimum Gasteiger partial charge on any atom is -0.337 e. The van der Waals surface area contributed by atoms with E-state index in [4.69, 9.17) is 0 Å². The molecule has 1 saturated heterocycles. The van der Waals surface area contributed by atoms with E-state index in [1.165, 1.54) is 44.1 Å². The molecular formula is C18H28N4O. The Morgan fingerprint density at radius 1 is 1.26 bits per heavy atom. The zero-order valence-electron chi connectivity index (χ0n) is 14.1. The second-order valence-electron chi connectivity index (χ2n) is 7.85. The molecule has 5 nitrogen and oxygen atoms in total. The second kappa shape index (κ2) is 5.93. The fourth-order valence-electron chi connectivity index (χ4n) is 4.43. The van der Waals surface area contributed by atoms with Crippen LogP contribution in [0.2, 0.25) is 0 Å². The topological polar surface area (TPSA) is 50.2 Å². The van der Waals surface area contributed by atoms with E-state index in [-0.39, 0.29) is 5.54 Å². The van der Waals surface area contributed by atoms with Gasteiger partial charge in [-0.25, -0.2) is 0 Å². The minimum absolute atomic E-state index is 0.201. The van der Waals surface area contributed by atoms with Gasteiger partial charge in [0.2, 0.25) is 5.91 Å². The largest absolute Gasteiger partial charge is 0.337 e. The SMILES string of the molecule is Cn1cc(CNC2CCC3(CCC(=O)N3CC3CC3)CC2)cn1. The molecule has 0 bridgehead atoms. The summed E-state index contributed by atoms with van der Waals surface area (Å²) in [5.74, 6) is 1.22. The summed E-state index contributed by atoms with van der Waals surface area (Å²) in [6, 6.07) is 0.583. The average Bonchev–Trinajstić information content (AvgIpc) is 3.22. The summed E-state index contributed by atoms with van der Waals surface area (Å²) in [5.41, 5.74) is 1.45. The van der Waals surface area contributed by atoms with Crippen molar-refractivity contribution in [3.63, 3.8) is 0 Å². The van der Waals surface area contributed by atoms with E-state index in [2.05, 4.69) is 21.5 Å². The monoisotopic (exact) mass is 316 g/mol. The van der Waals surface area contributed by atoms with Crippen LogP contribution in [0.5, 0.6) is 0 Å². The van der Waals surface area contributed by atoms with Gasteiger partial charge in [0.15, 0.2) is 0 Å². The molecule has 2 aliphatic carbocycles. The highest BCUT2D eigenvalue weighted by molar-refractivity contribution is 5.79. The summed E-state index contributed by atoms with van der Waals surface area (Å²) in [7, 11) is 1.96. The molecule has 2 heterocycles. The average molecular weight is 316 g/mol. The molecule has 1 N–H and O–H groups in total. The Bertz CT molecular complexity index is 569. The van der Waals surface area contributed by atoms with Gasteiger partial charge >= 0.3 is 0 Å². The molecule has 1 spiro atoms. The first-order valence-electron chi connectivity index (χ1n) is 9.16. The van der Waals surface area contributed by atoms with Crippen LogP contribution in [0.15, 0.2) is 12.4 Å². The number of hydrogen-bond donors (Lipinski definition) is 1. The molecule has 1 aromatic heterocycles. The lowest BCUT2D eigenvalue weighted by Gasteiger charge is -2.44. The lowest BCUT2D eigenvalue weighted by Crippen LogP contribution is -2.51. The van der Waals surface area contributed by atoms with E-state index in [0.29, 0.717) is 11.9 Å². The van der Waals surface area contributed by atoms with Gasteiger partial charge in [-0.3, -0.25) is 9.48 Å². The highest BCUT2D eigenvalue weighted by atomic mass is 16.2. The lowest BCUT2D eigenvalue weighted by atomic mass is 9.77. The maximum absolute atomic E-state index is 12.3. The van der Waals surface area contributed by atoms with Crippen LogP contribution in [0, 0.1) is 5.92 Å². The number of carbonyl (C=O) groups is 1. The molecule has 0 atom stereocenters. The van der Waals surface area contributed by atoms with E-state index in [9.17, 15) is 4.79 Å². The van der Waals surface area contributed by atoms with Gasteiger partial charge in [0.25, 0.3) is 0 Å². The lowest BCUT2D eigenvalue weighted by molar-refractivity contribution is -0.132. The summed E-state index contributed by atoms with van der Waals surface area (Å²) < 4.78 is 1.85. The fraction of sp³-hybridized carbons (Fsp3) is 0.778. The van der Waals surface area contributed by atoms with E-state index < -0.39 is 0 Å². The summed E-state index contributed by atoms with van der Waals surface area (Å²) in [5, 5.41) is 7.90. The Kier molecular flexibility index (Phi) is 3.92. The van der Waals surface area contributed by atoms with Crippen molar-refractivity contribution in [2.75, 3.05) is 6.54 Å². The van der Waals surface area contributed by atoms with Gasteiger partial charge in [-0.15, -0.1) is 0 Å². The molecule has 4 rings (SSSR count). The molecule has 3 aliphatic rings. The molecule has 126 valence electrons. The van der Waals surface area contributed by atoms with Gasteiger partial charge in [-0.05, 0) is 50.9 Å². The minimum atomic E-state index is 0.201. The first-order valence-corrected chi connectivity index (χ1v) is 9.16. The van der Waals surface area contributed by atoms with Crippen LogP contribution < -0.4 is 5.32 Å². The van der Waals surface area contributed by atoms with Crippen molar-refractivity contribution in [3.05, 3.63) is 18.0 Å². The number of nitrogens with zero attached hydrogens (tertiary/aromatic N) is 3. The van der Waals surface area contributed by atoms with Crippen LogP contribution in [0.1, 0.15) is 56.9 Å². The quantitative estimate of drug-likeness (QED) is 0.906. The molecule has 0 aromatic carbocycles. The Hall–Kier alpha value is -1.36. The van der Waals surface area contributed by atoms with E-state index >= 15 is 0 Å². The zero-order valence-corrected chi connectivity index (χ0v) is 14.1. The first-order chi connectivity index (χ1) is 11.1. The number of aromatic nitrogens is 2. The number of carbonyl (C=O) groups excluding carboxylic acids is 1. The molecular weight excluding hydrogens is 288 g/mol. The number of rotatable bonds is 5. The molecule has 0 unspecified atom stereocenters. The van der Waals surface area contributed by atoms with Gasteiger partial charge in [0, 0.05) is 49.9 Å². The third-order valence-electron chi connectivity index (χ3n) is 6.09. The van der Waals surface area contributed by atoms with Gasteiger partial charge in [-0.2, -0.15) is 5.10 Å². The van der Waals surface area contributed by atoms with E-state index in [1.807, 2.05) is 17.9 Å². The molecule has 1 aromatic rings. The van der Waals surface area contributed by atoms with Crippen LogP contribution in [-0.4, -0.2) is 38.7 Å². The summed E-state index contributed by atoms with van der Waals surface area (Å²) >= 11 is 0. The first kappa shape index (κ1) is 15.2. The Morgan fingerprint density at radius 2 is 2.04 bits per heavy atom. The van der Waals surface area contributed by atoms with Crippen LogP contribution in [0.25, 0.3) is 0 Å². The van der Waals surface area contributed by atoms with E-state index in [0.717, 1.165) is 31.8 Å². The summed E-state index contributed by atoms with van der Waals surface area (Å²) in [4.78, 5) is 14.6. The Morgan fingerprint density at radius 3 is 2.70 bits per heavy atom. The van der Waals surface area contributed by atoms with Crippen molar-refractivity contribution in [1.82, 2.24) is 20.0 Å². The van der Waals surface area contributed by atoms with Crippen LogP contribution in [-0.2, 0) is 18.4 Å². The van der Waals surface area contributed by atoms with Gasteiger partial charge in [0.1, 0.15) is 0 Å². The van der Waals surface area contributed by atoms with Crippen molar-refractivity contribution in [2.45, 2.75) is 69.5 Å². The van der Waals surface area contributed by atoms with Crippen LogP contribution in [0.3, 0.4) is 0 Å². The normalized spacial score (nSPS) is 31.3. The summed E-state index contributed by atoms with van der Waals surface area (Å²) in [6.07, 6.45) is 13.3. The highest BCUT2D eigenvalue weighted by Crippen LogP contribution is 2.44. The van der Waals surface area contributed by atoms with Crippen molar-refractivity contribution in [1.29, 1.82) is 0 Å². The molecule has 0 radical (unpaired) electrons. The maximum Gasteiger partial charge on any atom is 0.223 e. The Balaban J connectivity index is 1.31. The molecule has 1 amide bonds. The van der Waals surface area contributed by atoms with Crippen molar-refractivity contribution < 1.29 is 4.79 Å². The van der Waals surface area contributed by atoms with Gasteiger partial charge in [0.05, 0.1) is 6.20 Å². The number of amides is 1. The molecule has 5 heteroatoms. The van der Waals surface area contributed by atoms with E-state index in [1.54, 1.807) is 0 Å². The molecule has 23 heavy (non-hydrogen) atoms. The van der Waals surface area contributed by atoms with Gasteiger partial charge in [-0.1, -0.05) is 0 Å². The zero-order chi connectivity index (χ0) is 15.9. The predicted octanol–water partition coefficient (Wildman–Crippen LogP) is 2.22. The highest BCUT2D eigenvalue weighted by Gasteiger charge is 2.48. The number of nitrogens with one attached hydrogen (secondary N) is 1. The number of likely N-dealkylation sites (tertiary alicyclic amines) is 1. The van der Waals surface area contributed by atoms with Crippen LogP contribution in [0.4, 0.5) is 0 Å². The van der Waals surface area contributed by atoms with Crippen molar-refractivity contribution in [2.24, 2.45) is 13.0 Å². The predicted molar refractivity (Wildman–Crippen MR) is 88.7 cm³/mol. The maximum atomic E-state index is 12.3. The fourth-order valence-corrected chi connectivity index (χ4v) is 4.43. The van der Waals surface area contributed by atoms with Gasteiger partial charge < -0.3 is 10.2 Å². The third kappa shape index (κ3) is 3.16. The number of aryl methyl sites for hydroxylation is 1. The molecule has 2 saturated carbocycles. The molecule has 1 aliphatic heterocycles. The van der Waals surface area contributed by atoms with Crippen molar-refractivity contribution >= 4 is 5.91 Å². The summed E-state index contributed by atoms with van der Waals surface area (Å²) in [6.45, 7) is 1.93. The Labute approximate surface area is 138 Å². The van der Waals surface area contributed by atoms with Crippen molar-refractivity contribution in [3.8, 4) is 0 Å². The second-order valence-corrected chi connectivity index (χ2v) is 7.85. The third-order valence-corrected chi connectivity index (χ3v) is 6.09.